The minimum Gasteiger partial charge on any atom is -0.507 e. The quantitative estimate of drug-likeness (QED) is 0.239. The number of amides is 1. The second kappa shape index (κ2) is 10.5. The van der Waals surface area contributed by atoms with Crippen molar-refractivity contribution in [3.05, 3.63) is 114 Å². The lowest BCUT2D eigenvalue weighted by Gasteiger charge is -2.17. The molecule has 2 heterocycles. The van der Waals surface area contributed by atoms with E-state index in [1.807, 2.05) is 72.8 Å². The van der Waals surface area contributed by atoms with Gasteiger partial charge in [0.1, 0.15) is 23.2 Å². The van der Waals surface area contributed by atoms with Crippen LogP contribution in [-0.2, 0) is 11.3 Å². The summed E-state index contributed by atoms with van der Waals surface area (Å²) in [6.45, 7) is 0.475. The molecular formula is C31H26N4O5. The predicted octanol–water partition coefficient (Wildman–Crippen LogP) is 5.52. The SMILES string of the molecule is O=C(CCCn1cc(C2c3cc(C(=O)O)c(O)cc3OC2c2ccccc2)nn1)Nc1cccc2ccccc12. The van der Waals surface area contributed by atoms with Crippen LogP contribution in [0.1, 0.15) is 52.0 Å². The molecule has 0 saturated heterocycles. The molecule has 2 atom stereocenters. The molecule has 200 valence electrons. The first kappa shape index (κ1) is 25.1. The molecule has 0 radical (unpaired) electrons. The lowest BCUT2D eigenvalue weighted by Crippen LogP contribution is -2.13. The molecule has 5 aromatic rings. The van der Waals surface area contributed by atoms with Gasteiger partial charge in [0, 0.05) is 41.9 Å². The molecule has 0 fully saturated rings. The number of rotatable bonds is 8. The fraction of sp³-hybridized carbons (Fsp3) is 0.161. The number of carbonyl (C=O) groups excluding carboxylic acids is 1. The maximum Gasteiger partial charge on any atom is 0.339 e. The molecule has 9 nitrogen and oxygen atoms in total. The van der Waals surface area contributed by atoms with Crippen molar-refractivity contribution in [3.8, 4) is 11.5 Å². The largest absolute Gasteiger partial charge is 0.507 e. The molecule has 3 N–H and O–H groups in total. The van der Waals surface area contributed by atoms with Crippen molar-refractivity contribution >= 4 is 28.3 Å². The summed E-state index contributed by atoms with van der Waals surface area (Å²) in [6.07, 6.45) is 2.18. The summed E-state index contributed by atoms with van der Waals surface area (Å²) in [5.74, 6) is -1.70. The number of benzene rings is 4. The number of carboxylic acids is 1. The lowest BCUT2D eigenvalue weighted by atomic mass is 9.88. The van der Waals surface area contributed by atoms with E-state index in [4.69, 9.17) is 4.74 Å². The Morgan fingerprint density at radius 2 is 1.75 bits per heavy atom. The Labute approximate surface area is 229 Å². The van der Waals surface area contributed by atoms with Gasteiger partial charge in [-0.2, -0.15) is 0 Å². The predicted molar refractivity (Wildman–Crippen MR) is 149 cm³/mol. The van der Waals surface area contributed by atoms with E-state index >= 15 is 0 Å². The van der Waals surface area contributed by atoms with Gasteiger partial charge in [-0.15, -0.1) is 5.10 Å². The maximum atomic E-state index is 12.7. The van der Waals surface area contributed by atoms with E-state index in [-0.39, 0.29) is 17.2 Å². The molecule has 2 unspecified atom stereocenters. The average Bonchev–Trinajstić information content (AvgIpc) is 3.57. The van der Waals surface area contributed by atoms with Gasteiger partial charge in [0.2, 0.25) is 5.91 Å². The molecule has 1 aliphatic heterocycles. The van der Waals surface area contributed by atoms with Gasteiger partial charge in [0.05, 0.1) is 11.6 Å². The molecule has 6 rings (SSSR count). The first-order valence-electron chi connectivity index (χ1n) is 13.0. The highest BCUT2D eigenvalue weighted by atomic mass is 16.5. The van der Waals surface area contributed by atoms with E-state index in [0.717, 1.165) is 22.0 Å². The summed E-state index contributed by atoms with van der Waals surface area (Å²) < 4.78 is 7.88. The molecule has 1 aliphatic rings. The Bertz CT molecular complexity index is 1710. The Balaban J connectivity index is 1.18. The number of hydrogen-bond acceptors (Lipinski definition) is 6. The van der Waals surface area contributed by atoms with Crippen molar-refractivity contribution in [2.75, 3.05) is 5.32 Å². The van der Waals surface area contributed by atoms with Crippen molar-refractivity contribution in [2.45, 2.75) is 31.4 Å². The van der Waals surface area contributed by atoms with Crippen LogP contribution >= 0.6 is 0 Å². The third-order valence-electron chi connectivity index (χ3n) is 7.11. The summed E-state index contributed by atoms with van der Waals surface area (Å²) in [6, 6.07) is 26.1. The van der Waals surface area contributed by atoms with Crippen LogP contribution < -0.4 is 10.1 Å². The van der Waals surface area contributed by atoms with Gasteiger partial charge in [-0.3, -0.25) is 9.48 Å². The van der Waals surface area contributed by atoms with Gasteiger partial charge in [-0.25, -0.2) is 4.79 Å². The normalized spacial score (nSPS) is 15.9. The number of nitrogens with one attached hydrogen (secondary N) is 1. The van der Waals surface area contributed by atoms with Crippen LogP contribution in [0, 0.1) is 0 Å². The Kier molecular flexibility index (Phi) is 6.61. The standard InChI is InChI=1S/C31H26N4O5/c36-26-17-27-23(16-22(26)31(38)39)29(30(40-27)20-9-2-1-3-10-20)25-18-35(34-33-25)15-7-14-28(37)32-24-13-6-11-19-8-4-5-12-21(19)24/h1-6,8-13,16-18,29-30,36H,7,14-15H2,(H,32,37)(H,38,39). The van der Waals surface area contributed by atoms with Gasteiger partial charge in [0.15, 0.2) is 0 Å². The van der Waals surface area contributed by atoms with E-state index in [1.54, 1.807) is 10.9 Å². The van der Waals surface area contributed by atoms with E-state index in [2.05, 4.69) is 15.6 Å². The number of hydrogen-bond donors (Lipinski definition) is 3. The summed E-state index contributed by atoms with van der Waals surface area (Å²) in [4.78, 5) is 24.4. The Morgan fingerprint density at radius 1 is 0.975 bits per heavy atom. The summed E-state index contributed by atoms with van der Waals surface area (Å²) >= 11 is 0. The van der Waals surface area contributed by atoms with Crippen LogP contribution in [0.2, 0.25) is 0 Å². The van der Waals surface area contributed by atoms with E-state index < -0.39 is 18.0 Å². The molecule has 0 spiro atoms. The second-order valence-electron chi connectivity index (χ2n) is 9.72. The van der Waals surface area contributed by atoms with Crippen LogP contribution in [0.15, 0.2) is 91.1 Å². The molecule has 1 amide bonds. The maximum absolute atomic E-state index is 12.7. The number of carboxylic acid groups (broad SMARTS) is 1. The number of aromatic nitrogens is 3. The average molecular weight is 535 g/mol. The zero-order valence-electron chi connectivity index (χ0n) is 21.4. The molecular weight excluding hydrogens is 508 g/mol. The zero-order valence-corrected chi connectivity index (χ0v) is 21.4. The lowest BCUT2D eigenvalue weighted by molar-refractivity contribution is -0.116. The van der Waals surface area contributed by atoms with Crippen molar-refractivity contribution in [2.24, 2.45) is 0 Å². The molecule has 4 aromatic carbocycles. The number of nitrogens with zero attached hydrogens (tertiary/aromatic N) is 3. The molecule has 0 saturated carbocycles. The molecule has 40 heavy (non-hydrogen) atoms. The molecule has 9 heteroatoms. The van der Waals surface area contributed by atoms with Crippen LogP contribution in [0.5, 0.6) is 11.5 Å². The summed E-state index contributed by atoms with van der Waals surface area (Å²) in [5.41, 5.74) is 2.69. The van der Waals surface area contributed by atoms with E-state index in [1.165, 1.54) is 12.1 Å². The molecule has 0 aliphatic carbocycles. The van der Waals surface area contributed by atoms with Gasteiger partial charge in [-0.1, -0.05) is 71.9 Å². The minimum atomic E-state index is -1.23. The third kappa shape index (κ3) is 4.84. The van der Waals surface area contributed by atoms with Crippen LogP contribution in [0.3, 0.4) is 0 Å². The highest BCUT2D eigenvalue weighted by molar-refractivity contribution is 6.02. The number of ether oxygens (including phenoxy) is 1. The molecule has 0 bridgehead atoms. The van der Waals surface area contributed by atoms with Gasteiger partial charge >= 0.3 is 5.97 Å². The second-order valence-corrected chi connectivity index (χ2v) is 9.72. The van der Waals surface area contributed by atoms with Gasteiger partial charge in [-0.05, 0) is 29.5 Å². The number of anilines is 1. The first-order chi connectivity index (χ1) is 19.5. The number of phenols is 1. The Morgan fingerprint density at radius 3 is 2.58 bits per heavy atom. The van der Waals surface area contributed by atoms with Crippen LogP contribution in [0.4, 0.5) is 5.69 Å². The van der Waals surface area contributed by atoms with E-state index in [0.29, 0.717) is 36.4 Å². The van der Waals surface area contributed by atoms with Crippen LogP contribution in [-0.4, -0.2) is 37.1 Å². The monoisotopic (exact) mass is 534 g/mol. The summed E-state index contributed by atoms with van der Waals surface area (Å²) in [5, 5.41) is 33.5. The smallest absolute Gasteiger partial charge is 0.339 e. The topological polar surface area (TPSA) is 127 Å². The van der Waals surface area contributed by atoms with Crippen LogP contribution in [0.25, 0.3) is 10.8 Å². The van der Waals surface area contributed by atoms with Crippen molar-refractivity contribution < 1.29 is 24.5 Å². The number of aromatic hydroxyl groups is 1. The minimum absolute atomic E-state index is 0.0834. The fourth-order valence-corrected chi connectivity index (χ4v) is 5.20. The third-order valence-corrected chi connectivity index (χ3v) is 7.11. The first-order valence-corrected chi connectivity index (χ1v) is 13.0. The van der Waals surface area contributed by atoms with E-state index in [9.17, 15) is 19.8 Å². The van der Waals surface area contributed by atoms with Gasteiger partial charge in [0.25, 0.3) is 0 Å². The highest BCUT2D eigenvalue weighted by Crippen LogP contribution is 2.50. The number of aromatic carboxylic acids is 1. The Hall–Kier alpha value is -5.18. The van der Waals surface area contributed by atoms with Crippen molar-refractivity contribution in [3.63, 3.8) is 0 Å². The number of fused-ring (bicyclic) bond motifs is 2. The van der Waals surface area contributed by atoms with Crippen molar-refractivity contribution in [1.29, 1.82) is 0 Å². The number of carbonyl (C=O) groups is 2. The fourth-order valence-electron chi connectivity index (χ4n) is 5.20. The zero-order chi connectivity index (χ0) is 27.6. The van der Waals surface area contributed by atoms with Crippen molar-refractivity contribution in [1.82, 2.24) is 15.0 Å². The summed E-state index contributed by atoms with van der Waals surface area (Å²) in [7, 11) is 0. The molecule has 1 aromatic heterocycles. The highest BCUT2D eigenvalue weighted by Gasteiger charge is 2.40. The number of aryl methyl sites for hydroxylation is 1. The van der Waals surface area contributed by atoms with Gasteiger partial charge < -0.3 is 20.3 Å².